The first-order valence-electron chi connectivity index (χ1n) is 11.4. The molecule has 35 heavy (non-hydrogen) atoms. The SMILES string of the molecule is CCn1c2ccccc2c2cc(NC(=O)c3ccccc3N(C)S(=O)(=O)c3ccccc3)ccc21. The Kier molecular flexibility index (Phi) is 5.78. The van der Waals surface area contributed by atoms with Crippen LogP contribution in [0.4, 0.5) is 11.4 Å². The highest BCUT2D eigenvalue weighted by Crippen LogP contribution is 2.32. The topological polar surface area (TPSA) is 71.4 Å². The third-order valence-electron chi connectivity index (χ3n) is 6.24. The van der Waals surface area contributed by atoms with Gasteiger partial charge in [0.25, 0.3) is 15.9 Å². The first-order chi connectivity index (χ1) is 16.9. The fourth-order valence-corrected chi connectivity index (χ4v) is 5.73. The van der Waals surface area contributed by atoms with Crippen LogP contribution in [0.5, 0.6) is 0 Å². The summed E-state index contributed by atoms with van der Waals surface area (Å²) in [5.41, 5.74) is 3.46. The van der Waals surface area contributed by atoms with Gasteiger partial charge in [-0.15, -0.1) is 0 Å². The van der Waals surface area contributed by atoms with Gasteiger partial charge in [0.15, 0.2) is 0 Å². The van der Waals surface area contributed by atoms with Gasteiger partial charge in [0.1, 0.15) is 0 Å². The molecular weight excluding hydrogens is 458 g/mol. The van der Waals surface area contributed by atoms with E-state index in [0.717, 1.165) is 32.7 Å². The minimum Gasteiger partial charge on any atom is -0.341 e. The highest BCUT2D eigenvalue weighted by atomic mass is 32.2. The first-order valence-corrected chi connectivity index (χ1v) is 12.8. The molecule has 0 radical (unpaired) electrons. The zero-order valence-corrected chi connectivity index (χ0v) is 20.3. The summed E-state index contributed by atoms with van der Waals surface area (Å²) >= 11 is 0. The van der Waals surface area contributed by atoms with Crippen LogP contribution in [0.3, 0.4) is 0 Å². The second kappa shape index (κ2) is 8.92. The number of para-hydroxylation sites is 2. The molecule has 176 valence electrons. The number of rotatable bonds is 6. The molecule has 0 fully saturated rings. The summed E-state index contributed by atoms with van der Waals surface area (Å²) in [6, 6.07) is 28.9. The molecular formula is C28H25N3O3S. The van der Waals surface area contributed by atoms with Crippen LogP contribution in [0.1, 0.15) is 17.3 Å². The van der Waals surface area contributed by atoms with E-state index in [1.165, 1.54) is 19.2 Å². The van der Waals surface area contributed by atoms with Crippen molar-refractivity contribution in [3.05, 3.63) is 103 Å². The van der Waals surface area contributed by atoms with Crippen molar-refractivity contribution in [2.24, 2.45) is 0 Å². The summed E-state index contributed by atoms with van der Waals surface area (Å²) in [6.07, 6.45) is 0. The Bertz CT molecular complexity index is 1660. The van der Waals surface area contributed by atoms with Crippen molar-refractivity contribution < 1.29 is 13.2 Å². The summed E-state index contributed by atoms with van der Waals surface area (Å²) < 4.78 is 29.7. The van der Waals surface area contributed by atoms with E-state index in [9.17, 15) is 13.2 Å². The molecule has 0 bridgehead atoms. The summed E-state index contributed by atoms with van der Waals surface area (Å²) in [6.45, 7) is 2.95. The number of hydrogen-bond acceptors (Lipinski definition) is 3. The van der Waals surface area contributed by atoms with Gasteiger partial charge in [-0.05, 0) is 55.5 Å². The number of sulfonamides is 1. The molecule has 0 spiro atoms. The molecule has 5 aromatic rings. The maximum Gasteiger partial charge on any atom is 0.264 e. The van der Waals surface area contributed by atoms with Gasteiger partial charge in [-0.3, -0.25) is 9.10 Å². The van der Waals surface area contributed by atoms with Crippen LogP contribution < -0.4 is 9.62 Å². The number of aryl methyl sites for hydroxylation is 1. The zero-order valence-electron chi connectivity index (χ0n) is 19.5. The fourth-order valence-electron chi connectivity index (χ4n) is 4.49. The van der Waals surface area contributed by atoms with Crippen molar-refractivity contribution >= 4 is 49.1 Å². The van der Waals surface area contributed by atoms with Crippen LogP contribution in [0.15, 0.2) is 102 Å². The molecule has 6 nitrogen and oxygen atoms in total. The standard InChI is InChI=1S/C28H25N3O3S/c1-3-31-26-16-10-7-13-22(26)24-19-20(17-18-27(24)31)29-28(32)23-14-8-9-15-25(23)30(2)35(33,34)21-11-5-4-6-12-21/h4-19H,3H2,1-2H3,(H,29,32). The Morgan fingerprint density at radius 2 is 1.49 bits per heavy atom. The number of carbonyl (C=O) groups excluding carboxylic acids is 1. The average Bonchev–Trinajstić information content (AvgIpc) is 3.21. The van der Waals surface area contributed by atoms with E-state index in [4.69, 9.17) is 0 Å². The molecule has 7 heteroatoms. The predicted molar refractivity (Wildman–Crippen MR) is 142 cm³/mol. The molecule has 0 aliphatic rings. The maximum atomic E-state index is 13.3. The van der Waals surface area contributed by atoms with Crippen molar-refractivity contribution in [1.82, 2.24) is 4.57 Å². The first kappa shape index (κ1) is 22.7. The number of nitrogens with zero attached hydrogens (tertiary/aromatic N) is 2. The van der Waals surface area contributed by atoms with Gasteiger partial charge in [0.05, 0.1) is 16.1 Å². The predicted octanol–water partition coefficient (Wildman–Crippen LogP) is 5.89. The van der Waals surface area contributed by atoms with Gasteiger partial charge in [-0.25, -0.2) is 8.42 Å². The second-order valence-electron chi connectivity index (χ2n) is 8.25. The number of benzene rings is 4. The summed E-state index contributed by atoms with van der Waals surface area (Å²) in [5.74, 6) is -0.380. The van der Waals surface area contributed by atoms with Gasteiger partial charge in [0, 0.05) is 41.1 Å². The Labute approximate surface area is 204 Å². The zero-order chi connectivity index (χ0) is 24.6. The van der Waals surface area contributed by atoms with E-state index in [1.807, 2.05) is 30.3 Å². The van der Waals surface area contributed by atoms with Gasteiger partial charge in [-0.1, -0.05) is 48.5 Å². The van der Waals surface area contributed by atoms with Crippen LogP contribution in [-0.4, -0.2) is 25.9 Å². The second-order valence-corrected chi connectivity index (χ2v) is 10.2. The molecule has 0 saturated heterocycles. The summed E-state index contributed by atoms with van der Waals surface area (Å²) in [7, 11) is -2.37. The Hall–Kier alpha value is -4.10. The molecule has 0 unspecified atom stereocenters. The largest absolute Gasteiger partial charge is 0.341 e. The van der Waals surface area contributed by atoms with Crippen LogP contribution in [0.2, 0.25) is 0 Å². The monoisotopic (exact) mass is 483 g/mol. The maximum absolute atomic E-state index is 13.3. The summed E-state index contributed by atoms with van der Waals surface area (Å²) in [5, 5.41) is 5.13. The number of amides is 1. The van der Waals surface area contributed by atoms with E-state index < -0.39 is 10.0 Å². The van der Waals surface area contributed by atoms with Crippen molar-refractivity contribution in [3.8, 4) is 0 Å². The molecule has 4 aromatic carbocycles. The number of nitrogens with one attached hydrogen (secondary N) is 1. The van der Waals surface area contributed by atoms with E-state index in [-0.39, 0.29) is 16.4 Å². The molecule has 0 saturated carbocycles. The molecule has 1 amide bonds. The lowest BCUT2D eigenvalue weighted by Crippen LogP contribution is -2.29. The van der Waals surface area contributed by atoms with E-state index in [1.54, 1.807) is 42.5 Å². The van der Waals surface area contributed by atoms with Crippen molar-refractivity contribution in [3.63, 3.8) is 0 Å². The van der Waals surface area contributed by atoms with Crippen molar-refractivity contribution in [2.75, 3.05) is 16.7 Å². The number of anilines is 2. The smallest absolute Gasteiger partial charge is 0.264 e. The third-order valence-corrected chi connectivity index (χ3v) is 8.02. The molecule has 0 aliphatic carbocycles. The number of carbonyl (C=O) groups is 1. The van der Waals surface area contributed by atoms with Gasteiger partial charge in [0.2, 0.25) is 0 Å². The Morgan fingerprint density at radius 1 is 0.829 bits per heavy atom. The van der Waals surface area contributed by atoms with Crippen molar-refractivity contribution in [1.29, 1.82) is 0 Å². The molecule has 0 aliphatic heterocycles. The van der Waals surface area contributed by atoms with Gasteiger partial charge < -0.3 is 9.88 Å². The quantitative estimate of drug-likeness (QED) is 0.327. The van der Waals surface area contributed by atoms with Crippen LogP contribution in [0.25, 0.3) is 21.8 Å². The van der Waals surface area contributed by atoms with Gasteiger partial charge >= 0.3 is 0 Å². The van der Waals surface area contributed by atoms with Crippen LogP contribution in [0, 0.1) is 0 Å². The van der Waals surface area contributed by atoms with E-state index in [2.05, 4.69) is 28.9 Å². The molecule has 1 N–H and O–H groups in total. The normalized spacial score (nSPS) is 11.6. The number of fused-ring (bicyclic) bond motifs is 3. The van der Waals surface area contributed by atoms with Crippen LogP contribution in [-0.2, 0) is 16.6 Å². The summed E-state index contributed by atoms with van der Waals surface area (Å²) in [4.78, 5) is 13.5. The minimum absolute atomic E-state index is 0.162. The third kappa shape index (κ3) is 3.94. The molecule has 0 atom stereocenters. The lowest BCUT2D eigenvalue weighted by molar-refractivity contribution is 0.102. The van der Waals surface area contributed by atoms with Crippen LogP contribution >= 0.6 is 0 Å². The van der Waals surface area contributed by atoms with E-state index in [0.29, 0.717) is 11.4 Å². The molecule has 5 rings (SSSR count). The Balaban J connectivity index is 1.50. The molecule has 1 heterocycles. The Morgan fingerprint density at radius 3 is 2.26 bits per heavy atom. The van der Waals surface area contributed by atoms with Gasteiger partial charge in [-0.2, -0.15) is 0 Å². The highest BCUT2D eigenvalue weighted by Gasteiger charge is 2.25. The fraction of sp³-hybridized carbons (Fsp3) is 0.107. The number of aromatic nitrogens is 1. The van der Waals surface area contributed by atoms with E-state index >= 15 is 0 Å². The number of hydrogen-bond donors (Lipinski definition) is 1. The molecule has 1 aromatic heterocycles. The highest BCUT2D eigenvalue weighted by molar-refractivity contribution is 7.92. The van der Waals surface area contributed by atoms with Crippen molar-refractivity contribution in [2.45, 2.75) is 18.4 Å². The average molecular weight is 484 g/mol. The lowest BCUT2D eigenvalue weighted by Gasteiger charge is -2.22. The minimum atomic E-state index is -3.82. The lowest BCUT2D eigenvalue weighted by atomic mass is 10.1.